The van der Waals surface area contributed by atoms with Crippen LogP contribution >= 0.6 is 11.6 Å². The third kappa shape index (κ3) is 4.23. The van der Waals surface area contributed by atoms with Gasteiger partial charge in [0.15, 0.2) is 0 Å². The predicted molar refractivity (Wildman–Crippen MR) is 98.0 cm³/mol. The van der Waals surface area contributed by atoms with Crippen molar-refractivity contribution in [1.82, 2.24) is 9.13 Å². The Morgan fingerprint density at radius 3 is 2.27 bits per heavy atom. The fourth-order valence-electron chi connectivity index (χ4n) is 2.66. The second kappa shape index (κ2) is 7.94. The molecule has 0 aliphatic carbocycles. The molecule has 30 heavy (non-hydrogen) atoms. The zero-order valence-electron chi connectivity index (χ0n) is 15.1. The molecule has 0 unspecified atom stereocenters. The molecular formula is C19H12ClF5N2O3. The highest BCUT2D eigenvalue weighted by molar-refractivity contribution is 6.32. The van der Waals surface area contributed by atoms with E-state index >= 15 is 0 Å². The lowest BCUT2D eigenvalue weighted by Gasteiger charge is -2.15. The summed E-state index contributed by atoms with van der Waals surface area (Å²) < 4.78 is 72.2. The van der Waals surface area contributed by atoms with Gasteiger partial charge in [-0.15, -0.1) is 0 Å². The molecule has 5 nitrogen and oxygen atoms in total. The van der Waals surface area contributed by atoms with E-state index < -0.39 is 40.4 Å². The Morgan fingerprint density at radius 1 is 1.03 bits per heavy atom. The Hall–Kier alpha value is -3.14. The molecule has 0 saturated heterocycles. The number of hydrogen-bond acceptors (Lipinski definition) is 3. The maximum atomic E-state index is 14.4. The Morgan fingerprint density at radius 2 is 1.67 bits per heavy atom. The number of ether oxygens (including phenoxy) is 1. The molecule has 3 rings (SSSR count). The van der Waals surface area contributed by atoms with Crippen LogP contribution < -0.4 is 16.0 Å². The lowest BCUT2D eigenvalue weighted by Crippen LogP contribution is -2.41. The highest BCUT2D eigenvalue weighted by atomic mass is 35.5. The zero-order chi connectivity index (χ0) is 22.2. The second-order valence-electron chi connectivity index (χ2n) is 6.19. The molecular weight excluding hydrogens is 435 g/mol. The summed E-state index contributed by atoms with van der Waals surface area (Å²) in [5.74, 6) is -1.71. The summed E-state index contributed by atoms with van der Waals surface area (Å²) >= 11 is 5.93. The second-order valence-corrected chi connectivity index (χ2v) is 6.60. The number of halogens is 6. The molecule has 1 aromatic heterocycles. The first-order valence-electron chi connectivity index (χ1n) is 8.26. The van der Waals surface area contributed by atoms with Crippen LogP contribution in [0.5, 0.6) is 5.75 Å². The van der Waals surface area contributed by atoms with Gasteiger partial charge in [-0.3, -0.25) is 9.36 Å². The van der Waals surface area contributed by atoms with E-state index in [-0.39, 0.29) is 32.6 Å². The van der Waals surface area contributed by atoms with Crippen molar-refractivity contribution in [3.63, 3.8) is 0 Å². The van der Waals surface area contributed by atoms with Gasteiger partial charge in [-0.05, 0) is 23.8 Å². The summed E-state index contributed by atoms with van der Waals surface area (Å²) in [6.07, 6.45) is -4.95. The van der Waals surface area contributed by atoms with Crippen molar-refractivity contribution in [3.8, 4) is 11.4 Å². The van der Waals surface area contributed by atoms with Crippen LogP contribution in [0.1, 0.15) is 11.3 Å². The Bertz CT molecular complexity index is 1220. The van der Waals surface area contributed by atoms with Gasteiger partial charge in [0.2, 0.25) is 0 Å². The summed E-state index contributed by atoms with van der Waals surface area (Å²) in [5.41, 5.74) is -4.35. The average molecular weight is 447 g/mol. The van der Waals surface area contributed by atoms with Crippen molar-refractivity contribution in [2.75, 3.05) is 0 Å². The lowest BCUT2D eigenvalue weighted by molar-refractivity contribution is -0.144. The SMILES string of the molecule is Cn1c(C(F)(F)F)cc(=O)n(-c2cc(OCc3ccc(F)cc3)c(Cl)cc2F)c1=O. The summed E-state index contributed by atoms with van der Waals surface area (Å²) in [6, 6.07) is 7.14. The Kier molecular flexibility index (Phi) is 5.71. The highest BCUT2D eigenvalue weighted by Crippen LogP contribution is 2.30. The van der Waals surface area contributed by atoms with Crippen LogP contribution in [-0.2, 0) is 19.8 Å². The van der Waals surface area contributed by atoms with Crippen LogP contribution in [-0.4, -0.2) is 9.13 Å². The van der Waals surface area contributed by atoms with E-state index in [1.54, 1.807) is 0 Å². The molecule has 158 valence electrons. The molecule has 0 atom stereocenters. The number of nitrogens with zero attached hydrogens (tertiary/aromatic N) is 2. The molecule has 0 saturated carbocycles. The monoisotopic (exact) mass is 446 g/mol. The van der Waals surface area contributed by atoms with Crippen LogP contribution in [0.2, 0.25) is 5.02 Å². The van der Waals surface area contributed by atoms with Crippen LogP contribution in [0, 0.1) is 11.6 Å². The van der Waals surface area contributed by atoms with Gasteiger partial charge in [0.05, 0.1) is 10.7 Å². The molecule has 0 aliphatic heterocycles. The van der Waals surface area contributed by atoms with Crippen molar-refractivity contribution in [2.45, 2.75) is 12.8 Å². The van der Waals surface area contributed by atoms with E-state index in [0.29, 0.717) is 5.56 Å². The van der Waals surface area contributed by atoms with Crippen LogP contribution in [0.3, 0.4) is 0 Å². The van der Waals surface area contributed by atoms with E-state index in [0.717, 1.165) is 19.2 Å². The van der Waals surface area contributed by atoms with Gasteiger partial charge in [-0.2, -0.15) is 13.2 Å². The van der Waals surface area contributed by atoms with Gasteiger partial charge >= 0.3 is 11.9 Å². The summed E-state index contributed by atoms with van der Waals surface area (Å²) in [4.78, 5) is 24.6. The number of hydrogen-bond donors (Lipinski definition) is 0. The summed E-state index contributed by atoms with van der Waals surface area (Å²) in [6.45, 7) is -0.106. The fraction of sp³-hybridized carbons (Fsp3) is 0.158. The maximum absolute atomic E-state index is 14.4. The van der Waals surface area contributed by atoms with E-state index in [9.17, 15) is 31.5 Å². The smallest absolute Gasteiger partial charge is 0.431 e. The van der Waals surface area contributed by atoms with Crippen molar-refractivity contribution in [2.24, 2.45) is 7.05 Å². The van der Waals surface area contributed by atoms with E-state index in [1.807, 2.05) is 0 Å². The number of benzene rings is 2. The molecule has 0 N–H and O–H groups in total. The standard InChI is InChI=1S/C19H12ClF5N2O3/c1-26-16(19(23,24)25)8-17(28)27(18(26)29)14-7-15(12(20)6-13(14)22)30-9-10-2-4-11(21)5-3-10/h2-8H,9H2,1H3. The third-order valence-electron chi connectivity index (χ3n) is 4.16. The first kappa shape index (κ1) is 21.6. The molecule has 1 heterocycles. The van der Waals surface area contributed by atoms with Gasteiger partial charge in [-0.25, -0.2) is 18.1 Å². The van der Waals surface area contributed by atoms with E-state index in [2.05, 4.69) is 0 Å². The van der Waals surface area contributed by atoms with E-state index in [1.165, 1.54) is 24.3 Å². The zero-order valence-corrected chi connectivity index (χ0v) is 15.9. The number of rotatable bonds is 4. The van der Waals surface area contributed by atoms with Gasteiger partial charge in [-0.1, -0.05) is 23.7 Å². The van der Waals surface area contributed by atoms with Gasteiger partial charge in [0.1, 0.15) is 29.7 Å². The van der Waals surface area contributed by atoms with Crippen LogP contribution in [0.15, 0.2) is 52.1 Å². The molecule has 11 heteroatoms. The largest absolute Gasteiger partial charge is 0.487 e. The minimum absolute atomic E-state index is 0.106. The topological polar surface area (TPSA) is 53.2 Å². The maximum Gasteiger partial charge on any atom is 0.431 e. The van der Waals surface area contributed by atoms with Crippen molar-refractivity contribution < 1.29 is 26.7 Å². The van der Waals surface area contributed by atoms with Gasteiger partial charge in [0, 0.05) is 19.2 Å². The van der Waals surface area contributed by atoms with Crippen molar-refractivity contribution in [3.05, 3.63) is 91.2 Å². The molecule has 2 aromatic carbocycles. The number of alkyl halides is 3. The quantitative estimate of drug-likeness (QED) is 0.568. The van der Waals surface area contributed by atoms with Gasteiger partial charge < -0.3 is 4.74 Å². The molecule has 0 bridgehead atoms. The van der Waals surface area contributed by atoms with Crippen molar-refractivity contribution >= 4 is 11.6 Å². The van der Waals surface area contributed by atoms with Gasteiger partial charge in [0.25, 0.3) is 5.56 Å². The predicted octanol–water partition coefficient (Wildman–Crippen LogP) is 4.07. The first-order chi connectivity index (χ1) is 14.0. The molecule has 0 fully saturated rings. The van der Waals surface area contributed by atoms with Crippen LogP contribution in [0.25, 0.3) is 5.69 Å². The fourth-order valence-corrected chi connectivity index (χ4v) is 2.87. The molecule has 3 aromatic rings. The van der Waals surface area contributed by atoms with Crippen molar-refractivity contribution in [1.29, 1.82) is 0 Å². The number of aromatic nitrogens is 2. The summed E-state index contributed by atoms with van der Waals surface area (Å²) in [7, 11) is 0.806. The summed E-state index contributed by atoms with van der Waals surface area (Å²) in [5, 5.41) is -0.199. The third-order valence-corrected chi connectivity index (χ3v) is 4.46. The average Bonchev–Trinajstić information content (AvgIpc) is 2.66. The Labute approximate surface area is 170 Å². The minimum Gasteiger partial charge on any atom is -0.487 e. The molecule has 0 aliphatic rings. The molecule has 0 radical (unpaired) electrons. The molecule has 0 amide bonds. The van der Waals surface area contributed by atoms with Crippen LogP contribution in [0.4, 0.5) is 22.0 Å². The molecule has 0 spiro atoms. The normalized spacial score (nSPS) is 11.6. The highest BCUT2D eigenvalue weighted by Gasteiger charge is 2.35. The van der Waals surface area contributed by atoms with E-state index in [4.69, 9.17) is 16.3 Å². The first-order valence-corrected chi connectivity index (χ1v) is 8.64. The minimum atomic E-state index is -4.95. The Balaban J connectivity index is 2.06. The lowest BCUT2D eigenvalue weighted by atomic mass is 10.2.